The highest BCUT2D eigenvalue weighted by Gasteiger charge is 2.23. The van der Waals surface area contributed by atoms with E-state index in [9.17, 15) is 13.6 Å². The molecule has 1 atom stereocenters. The van der Waals surface area contributed by atoms with Crippen molar-refractivity contribution in [2.45, 2.75) is 6.04 Å². The van der Waals surface area contributed by atoms with Gasteiger partial charge in [-0.3, -0.25) is 0 Å². The molecule has 0 spiro atoms. The third-order valence-corrected chi connectivity index (χ3v) is 2.87. The Labute approximate surface area is 108 Å². The van der Waals surface area contributed by atoms with Crippen LogP contribution in [0.2, 0.25) is 0 Å². The Morgan fingerprint density at radius 3 is 2.79 bits per heavy atom. The smallest absolute Gasteiger partial charge is 0.407 e. The number of hydrogen-bond donors (Lipinski definition) is 2. The summed E-state index contributed by atoms with van der Waals surface area (Å²) in [7, 11) is 0. The Kier molecular flexibility index (Phi) is 4.16. The lowest BCUT2D eigenvalue weighted by Crippen LogP contribution is -2.54. The van der Waals surface area contributed by atoms with Crippen molar-refractivity contribution in [2.24, 2.45) is 0 Å². The molecule has 1 aliphatic rings. The zero-order valence-electron chi connectivity index (χ0n) is 10.1. The van der Waals surface area contributed by atoms with Gasteiger partial charge in [0.25, 0.3) is 0 Å². The number of carboxylic acid groups (broad SMARTS) is 1. The number of ether oxygens (including phenoxy) is 1. The van der Waals surface area contributed by atoms with Crippen molar-refractivity contribution in [3.8, 4) is 5.75 Å². The van der Waals surface area contributed by atoms with Crippen molar-refractivity contribution in [3.05, 3.63) is 29.8 Å². The molecule has 1 aliphatic heterocycles. The van der Waals surface area contributed by atoms with Crippen molar-refractivity contribution in [2.75, 3.05) is 26.2 Å². The number of nitrogens with zero attached hydrogens (tertiary/aromatic N) is 1. The van der Waals surface area contributed by atoms with Gasteiger partial charge in [-0.05, 0) is 12.1 Å². The first-order valence-corrected chi connectivity index (χ1v) is 5.86. The molecule has 19 heavy (non-hydrogen) atoms. The van der Waals surface area contributed by atoms with Crippen LogP contribution in [0.15, 0.2) is 18.2 Å². The van der Waals surface area contributed by atoms with Gasteiger partial charge in [-0.1, -0.05) is 6.07 Å². The van der Waals surface area contributed by atoms with E-state index in [1.807, 2.05) is 0 Å². The van der Waals surface area contributed by atoms with Gasteiger partial charge in [-0.15, -0.1) is 0 Å². The van der Waals surface area contributed by atoms with E-state index in [1.54, 1.807) is 0 Å². The van der Waals surface area contributed by atoms with Gasteiger partial charge in [-0.25, -0.2) is 13.6 Å². The predicted octanol–water partition coefficient (Wildman–Crippen LogP) is 1.30. The third kappa shape index (κ3) is 3.31. The molecule has 0 aliphatic carbocycles. The van der Waals surface area contributed by atoms with Crippen LogP contribution in [-0.4, -0.2) is 48.4 Å². The summed E-state index contributed by atoms with van der Waals surface area (Å²) in [6.45, 7) is 1.10. The SMILES string of the molecule is O=C(O)N1CCN[C@H](COc2c(F)cccc2F)C1. The molecule has 5 nitrogen and oxygen atoms in total. The predicted molar refractivity (Wildman–Crippen MR) is 63.2 cm³/mol. The Morgan fingerprint density at radius 2 is 2.16 bits per heavy atom. The number of amides is 1. The van der Waals surface area contributed by atoms with Gasteiger partial charge in [-0.2, -0.15) is 0 Å². The van der Waals surface area contributed by atoms with Crippen LogP contribution in [-0.2, 0) is 0 Å². The number of hydrogen-bond acceptors (Lipinski definition) is 3. The normalized spacial score (nSPS) is 19.3. The van der Waals surface area contributed by atoms with E-state index in [-0.39, 0.29) is 19.2 Å². The molecule has 0 aromatic heterocycles. The summed E-state index contributed by atoms with van der Waals surface area (Å²) in [6, 6.07) is 3.18. The summed E-state index contributed by atoms with van der Waals surface area (Å²) in [6.07, 6.45) is -1.01. The Bertz CT molecular complexity index is 450. The molecule has 2 N–H and O–H groups in total. The molecule has 1 fully saturated rings. The van der Waals surface area contributed by atoms with Gasteiger partial charge in [0.05, 0.1) is 6.04 Å². The monoisotopic (exact) mass is 272 g/mol. The number of halogens is 2. The van der Waals surface area contributed by atoms with Gasteiger partial charge in [0.2, 0.25) is 0 Å². The lowest BCUT2D eigenvalue weighted by Gasteiger charge is -2.31. The van der Waals surface area contributed by atoms with Crippen LogP contribution in [0.4, 0.5) is 13.6 Å². The Morgan fingerprint density at radius 1 is 1.47 bits per heavy atom. The summed E-state index contributed by atoms with van der Waals surface area (Å²) >= 11 is 0. The van der Waals surface area contributed by atoms with E-state index in [4.69, 9.17) is 9.84 Å². The molecular weight excluding hydrogens is 258 g/mol. The molecule has 0 bridgehead atoms. The van der Waals surface area contributed by atoms with Gasteiger partial charge in [0.1, 0.15) is 6.61 Å². The van der Waals surface area contributed by atoms with Crippen molar-refractivity contribution < 1.29 is 23.4 Å². The van der Waals surface area contributed by atoms with E-state index in [1.165, 1.54) is 11.0 Å². The number of benzene rings is 1. The molecule has 1 aromatic rings. The van der Waals surface area contributed by atoms with E-state index in [2.05, 4.69) is 5.32 Å². The summed E-state index contributed by atoms with van der Waals surface area (Å²) < 4.78 is 31.7. The molecule has 0 radical (unpaired) electrons. The molecular formula is C12H14F2N2O3. The van der Waals surface area contributed by atoms with Crippen LogP contribution < -0.4 is 10.1 Å². The van der Waals surface area contributed by atoms with E-state index in [0.717, 1.165) is 12.1 Å². The van der Waals surface area contributed by atoms with E-state index in [0.29, 0.717) is 13.1 Å². The van der Waals surface area contributed by atoms with Gasteiger partial charge < -0.3 is 20.1 Å². The fourth-order valence-electron chi connectivity index (χ4n) is 1.92. The van der Waals surface area contributed by atoms with Gasteiger partial charge in [0.15, 0.2) is 17.4 Å². The maximum Gasteiger partial charge on any atom is 0.407 e. The van der Waals surface area contributed by atoms with Gasteiger partial charge >= 0.3 is 6.09 Å². The topological polar surface area (TPSA) is 61.8 Å². The van der Waals surface area contributed by atoms with Crippen molar-refractivity contribution in [1.29, 1.82) is 0 Å². The first-order valence-electron chi connectivity index (χ1n) is 5.86. The minimum atomic E-state index is -1.01. The van der Waals surface area contributed by atoms with Crippen LogP contribution in [0.5, 0.6) is 5.75 Å². The minimum Gasteiger partial charge on any atom is -0.486 e. The average Bonchev–Trinajstić information content (AvgIpc) is 2.38. The Balaban J connectivity index is 1.93. The summed E-state index contributed by atoms with van der Waals surface area (Å²) in [5.74, 6) is -1.98. The second-order valence-corrected chi connectivity index (χ2v) is 4.24. The number of piperazine rings is 1. The summed E-state index contributed by atoms with van der Waals surface area (Å²) in [5.41, 5.74) is 0. The molecule has 0 saturated carbocycles. The number of carbonyl (C=O) groups is 1. The van der Waals surface area contributed by atoms with Crippen LogP contribution in [0, 0.1) is 11.6 Å². The number of nitrogens with one attached hydrogen (secondary N) is 1. The molecule has 7 heteroatoms. The molecule has 2 rings (SSSR count). The first-order chi connectivity index (χ1) is 9.08. The molecule has 0 unspecified atom stereocenters. The molecule has 1 aromatic carbocycles. The Hall–Kier alpha value is -1.89. The van der Waals surface area contributed by atoms with Crippen LogP contribution in [0.1, 0.15) is 0 Å². The van der Waals surface area contributed by atoms with Crippen molar-refractivity contribution >= 4 is 6.09 Å². The molecule has 104 valence electrons. The quantitative estimate of drug-likeness (QED) is 0.870. The van der Waals surface area contributed by atoms with Crippen molar-refractivity contribution in [1.82, 2.24) is 10.2 Å². The average molecular weight is 272 g/mol. The zero-order valence-corrected chi connectivity index (χ0v) is 10.1. The molecule has 1 amide bonds. The maximum absolute atomic E-state index is 13.3. The second kappa shape index (κ2) is 5.83. The lowest BCUT2D eigenvalue weighted by atomic mass is 10.2. The fraction of sp³-hybridized carbons (Fsp3) is 0.417. The maximum atomic E-state index is 13.3. The zero-order chi connectivity index (χ0) is 13.8. The standard InChI is InChI=1S/C12H14F2N2O3/c13-9-2-1-3-10(14)11(9)19-7-8-6-16(12(17)18)5-4-15-8/h1-3,8,15H,4-7H2,(H,17,18)/t8-/m0/s1. The first kappa shape index (κ1) is 13.5. The minimum absolute atomic E-state index is 0.00162. The molecule has 1 saturated heterocycles. The highest BCUT2D eigenvalue weighted by Crippen LogP contribution is 2.21. The largest absolute Gasteiger partial charge is 0.486 e. The third-order valence-electron chi connectivity index (χ3n) is 2.87. The highest BCUT2D eigenvalue weighted by atomic mass is 19.1. The van der Waals surface area contributed by atoms with E-state index >= 15 is 0 Å². The number of rotatable bonds is 3. The van der Waals surface area contributed by atoms with Crippen LogP contribution in [0.3, 0.4) is 0 Å². The molecule has 1 heterocycles. The highest BCUT2D eigenvalue weighted by molar-refractivity contribution is 5.65. The van der Waals surface area contributed by atoms with Crippen LogP contribution in [0.25, 0.3) is 0 Å². The lowest BCUT2D eigenvalue weighted by molar-refractivity contribution is 0.117. The van der Waals surface area contributed by atoms with E-state index < -0.39 is 23.5 Å². The van der Waals surface area contributed by atoms with Crippen LogP contribution >= 0.6 is 0 Å². The second-order valence-electron chi connectivity index (χ2n) is 4.24. The summed E-state index contributed by atoms with van der Waals surface area (Å²) in [5, 5.41) is 11.9. The number of para-hydroxylation sites is 1. The van der Waals surface area contributed by atoms with Crippen molar-refractivity contribution in [3.63, 3.8) is 0 Å². The van der Waals surface area contributed by atoms with Gasteiger partial charge in [0, 0.05) is 19.6 Å². The summed E-state index contributed by atoms with van der Waals surface area (Å²) in [4.78, 5) is 12.1. The fourth-order valence-corrected chi connectivity index (χ4v) is 1.92.